The van der Waals surface area contributed by atoms with Gasteiger partial charge in [-0.25, -0.2) is 0 Å². The van der Waals surface area contributed by atoms with Crippen LogP contribution in [-0.2, 0) is 76.7 Å². The molecule has 0 aliphatic carbocycles. The van der Waals surface area contributed by atoms with Gasteiger partial charge in [0.1, 0.15) is 81.2 Å². The maximum Gasteiger partial charge on any atom is 0.248 e. The fourth-order valence-electron chi connectivity index (χ4n) is 15.9. The summed E-state index contributed by atoms with van der Waals surface area (Å²) >= 11 is 0. The Hall–Kier alpha value is -8.56. The summed E-state index contributed by atoms with van der Waals surface area (Å²) in [6, 6.07) is -6.38. The highest BCUT2D eigenvalue weighted by atomic mass is 16.2. The Bertz CT molecular complexity index is 3580. The minimum Gasteiger partial charge on any atom is -0.354 e. The van der Waals surface area contributed by atoms with Gasteiger partial charge < -0.3 is 88.7 Å². The summed E-state index contributed by atoms with van der Waals surface area (Å²) in [6.45, 7) is 39.7. The molecule has 0 aromatic carbocycles. The summed E-state index contributed by atoms with van der Waals surface area (Å²) in [5, 5.41) is 36.0. The Balaban J connectivity index is 1.09. The zero-order chi connectivity index (χ0) is 88.3. The second kappa shape index (κ2) is 42.4. The summed E-state index contributed by atoms with van der Waals surface area (Å²) in [5.74, 6) is -9.63. The maximum atomic E-state index is 14.5. The van der Waals surface area contributed by atoms with Crippen molar-refractivity contribution in [1.29, 1.82) is 0 Å². The number of nitrogens with one attached hydrogen (secondary N) is 14. The summed E-state index contributed by atoms with van der Waals surface area (Å²) in [6.07, 6.45) is 9.71. The zero-order valence-electron chi connectivity index (χ0n) is 74.3. The molecule has 5 rings (SSSR count). The summed E-state index contributed by atoms with van der Waals surface area (Å²) < 4.78 is 0. The fraction of sp³-hybridized carbons (Fsp3) is 0.807. The largest absolute Gasteiger partial charge is 0.354 e. The lowest BCUT2D eigenvalue weighted by Crippen LogP contribution is -3.16. The van der Waals surface area contributed by atoms with E-state index < -0.39 is 164 Å². The Morgan fingerprint density at radius 1 is 0.393 bits per heavy atom. The van der Waals surface area contributed by atoms with Crippen LogP contribution in [0.1, 0.15) is 268 Å². The molecule has 34 heteroatoms. The molecule has 662 valence electrons. The number of carbonyl (C=O) groups excluding carboxylic acids is 16. The standard InChI is InChI=1S/C83H144N18O16/c1-23-82(21,73(114)87-55(45-50(3)4)49-98-41-32-40-97-39-31-36-63(97)98)93-66(107)57(47-52(7)8)88-64(105)53(9)86-70(111)77(11,12)91-68(109)59-34-26-29-43-100(59)76(117)81(19,20)95-72(113)79(15,16)90-62(104)48-85-61(103)37-38-84-65(106)56(46-51(5)6)89-71(112)78(13,14)96-74(115)83(22,24-2)94-69(110)60-35-27-30-44-101(60)75(116)80(17,18)92-67(108)58-33-25-28-42-99(58)54(10)102/h50-53,55-60,63H,23-49H2,1-22H3,(H,84,106)(H,85,103)(H,86,111)(H,87,114)(H,88,105)(H,89,112)(H,90,104)(H,91,109)(H,92,108)(H,93,107)(H,94,110)(H,95,113)(H,96,115)/p+1. The van der Waals surface area contributed by atoms with E-state index in [1.54, 1.807) is 32.6 Å². The van der Waals surface area contributed by atoms with Crippen LogP contribution >= 0.6 is 0 Å². The number of likely N-dealkylation sites (tertiary alicyclic amines) is 3. The third-order valence-corrected chi connectivity index (χ3v) is 23.4. The van der Waals surface area contributed by atoms with Crippen molar-refractivity contribution in [2.75, 3.05) is 58.9 Å². The third-order valence-electron chi connectivity index (χ3n) is 23.4. The van der Waals surface area contributed by atoms with Crippen molar-refractivity contribution >= 4 is 94.5 Å². The van der Waals surface area contributed by atoms with Crippen LogP contribution in [-0.4, -0.2) is 260 Å². The minimum atomic E-state index is -1.67. The number of hydrogen-bond acceptors (Lipinski definition) is 17. The lowest BCUT2D eigenvalue weighted by atomic mass is 9.91. The number of nitrogens with zero attached hydrogens (tertiary/aromatic N) is 4. The maximum absolute atomic E-state index is 14.5. The molecular weight excluding hydrogens is 1510 g/mol. The molecule has 5 aliphatic rings. The van der Waals surface area contributed by atoms with Gasteiger partial charge in [0.2, 0.25) is 94.5 Å². The lowest BCUT2D eigenvalue weighted by Gasteiger charge is -2.42. The number of piperidine rings is 3. The van der Waals surface area contributed by atoms with Gasteiger partial charge in [0, 0.05) is 77.9 Å². The highest BCUT2D eigenvalue weighted by Crippen LogP contribution is 2.28. The predicted octanol–water partition coefficient (Wildman–Crippen LogP) is 0.624. The van der Waals surface area contributed by atoms with Crippen LogP contribution in [0.4, 0.5) is 0 Å². The number of amides is 16. The number of fused-ring (bicyclic) bond motifs is 1. The topological polar surface area (TPSA) is 447 Å². The van der Waals surface area contributed by atoms with Gasteiger partial charge in [-0.3, -0.25) is 81.6 Å². The van der Waals surface area contributed by atoms with Crippen molar-refractivity contribution < 1.29 is 81.6 Å². The van der Waals surface area contributed by atoms with Gasteiger partial charge in [-0.15, -0.1) is 0 Å². The Labute approximate surface area is 693 Å². The molecule has 0 saturated carbocycles. The number of quaternary nitrogens is 1. The van der Waals surface area contributed by atoms with Crippen molar-refractivity contribution in [1.82, 2.24) is 88.7 Å². The average molecular weight is 1650 g/mol. The summed E-state index contributed by atoms with van der Waals surface area (Å²) in [7, 11) is 0. The third kappa shape index (κ3) is 28.0. The van der Waals surface area contributed by atoms with E-state index in [0.29, 0.717) is 57.3 Å². The number of carbonyl (C=O) groups is 16. The molecule has 5 aliphatic heterocycles. The van der Waals surface area contributed by atoms with Crippen LogP contribution in [0.5, 0.6) is 0 Å². The molecule has 14 N–H and O–H groups in total. The van der Waals surface area contributed by atoms with Crippen LogP contribution in [0.3, 0.4) is 0 Å². The van der Waals surface area contributed by atoms with Crippen molar-refractivity contribution in [3.63, 3.8) is 0 Å². The van der Waals surface area contributed by atoms with E-state index in [9.17, 15) is 76.7 Å². The van der Waals surface area contributed by atoms with E-state index in [4.69, 9.17) is 0 Å². The second-order valence-corrected chi connectivity index (χ2v) is 37.5. The van der Waals surface area contributed by atoms with E-state index in [1.807, 2.05) is 34.6 Å². The first-order valence-electron chi connectivity index (χ1n) is 42.8. The molecule has 117 heavy (non-hydrogen) atoms. The normalized spacial score (nSPS) is 21.0. The number of rotatable bonds is 39. The zero-order valence-corrected chi connectivity index (χ0v) is 74.3. The smallest absolute Gasteiger partial charge is 0.248 e. The van der Waals surface area contributed by atoms with Gasteiger partial charge in [-0.2, -0.15) is 0 Å². The lowest BCUT2D eigenvalue weighted by molar-refractivity contribution is -0.930. The van der Waals surface area contributed by atoms with Crippen LogP contribution in [0, 0.1) is 17.8 Å². The average Bonchev–Trinajstić information content (AvgIpc) is 1.44. The molecule has 0 aromatic heterocycles. The van der Waals surface area contributed by atoms with Crippen LogP contribution in [0.15, 0.2) is 0 Å². The molecular formula is C83H145N18O16+. The van der Waals surface area contributed by atoms with Crippen molar-refractivity contribution in [2.45, 2.75) is 355 Å². The SMILES string of the molecule is CCC(C)(NC(=O)C(CC(C)C)NC(=O)C(C)NC(=O)C(C)(C)NC(=O)C1CCCCN1C(=O)C(C)(C)NC(=O)C(C)(C)NC(=O)CNC(=O)CCNC(=O)C(CC(C)C)NC(=O)C(C)(C)NC(=O)C(C)(CC)NC(=O)C1CCCCN1C(=O)C(C)(C)NC(=O)C1CCCCN1C(C)=O)C(=O)NC(CC(C)C)CN1CCC[NH+]2CCCC12. The molecule has 0 radical (unpaired) electrons. The van der Waals surface area contributed by atoms with Gasteiger partial charge in [-0.05, 0) is 198 Å². The summed E-state index contributed by atoms with van der Waals surface area (Å²) in [5.41, 5.74) is -11.0. The molecule has 5 fully saturated rings. The van der Waals surface area contributed by atoms with Gasteiger partial charge in [0.05, 0.1) is 19.6 Å². The van der Waals surface area contributed by atoms with E-state index in [1.165, 1.54) is 97.3 Å². The van der Waals surface area contributed by atoms with Gasteiger partial charge in [0.25, 0.3) is 0 Å². The molecule has 34 nitrogen and oxygen atoms in total. The Morgan fingerprint density at radius 3 is 1.36 bits per heavy atom. The molecule has 0 bridgehead atoms. The molecule has 0 spiro atoms. The van der Waals surface area contributed by atoms with E-state index in [2.05, 4.69) is 87.9 Å². The highest BCUT2D eigenvalue weighted by Gasteiger charge is 2.49. The summed E-state index contributed by atoms with van der Waals surface area (Å²) in [4.78, 5) is 230. The van der Waals surface area contributed by atoms with Crippen molar-refractivity contribution in [2.24, 2.45) is 17.8 Å². The van der Waals surface area contributed by atoms with Crippen molar-refractivity contribution in [3.05, 3.63) is 0 Å². The van der Waals surface area contributed by atoms with Crippen molar-refractivity contribution in [3.8, 4) is 0 Å². The first kappa shape index (κ1) is 99.0. The van der Waals surface area contributed by atoms with E-state index >= 15 is 0 Å². The van der Waals surface area contributed by atoms with Gasteiger partial charge in [0.15, 0.2) is 0 Å². The second-order valence-electron chi connectivity index (χ2n) is 37.5. The van der Waals surface area contributed by atoms with Crippen LogP contribution in [0.25, 0.3) is 0 Å². The predicted molar refractivity (Wildman–Crippen MR) is 441 cm³/mol. The van der Waals surface area contributed by atoms with Crippen LogP contribution < -0.4 is 74.0 Å². The monoisotopic (exact) mass is 1650 g/mol. The first-order chi connectivity index (χ1) is 54.2. The molecule has 5 heterocycles. The van der Waals surface area contributed by atoms with Crippen LogP contribution in [0.2, 0.25) is 0 Å². The Kier molecular flexibility index (Phi) is 35.9. The molecule has 11 unspecified atom stereocenters. The molecule has 11 atom stereocenters. The number of hydrogen-bond donors (Lipinski definition) is 14. The molecule has 16 amide bonds. The van der Waals surface area contributed by atoms with Gasteiger partial charge in [-0.1, -0.05) is 55.4 Å². The quantitative estimate of drug-likeness (QED) is 0.0401. The van der Waals surface area contributed by atoms with E-state index in [-0.39, 0.29) is 94.3 Å². The van der Waals surface area contributed by atoms with E-state index in [0.717, 1.165) is 51.7 Å². The fourth-order valence-corrected chi connectivity index (χ4v) is 15.9. The minimum absolute atomic E-state index is 0.0649. The Morgan fingerprint density at radius 2 is 0.838 bits per heavy atom. The molecule has 0 aromatic rings. The highest BCUT2D eigenvalue weighted by molar-refractivity contribution is 6.03. The first-order valence-corrected chi connectivity index (χ1v) is 42.8. The van der Waals surface area contributed by atoms with Gasteiger partial charge >= 0.3 is 0 Å². The molecule has 5 saturated heterocycles.